The van der Waals surface area contributed by atoms with Crippen LogP contribution in [-0.2, 0) is 16.6 Å². The number of hydrogen-bond acceptors (Lipinski definition) is 4. The fraction of sp³-hybridized carbons (Fsp3) is 0.148. The molecule has 0 saturated carbocycles. The molecule has 168 valence electrons. The van der Waals surface area contributed by atoms with Crippen LogP contribution in [0.15, 0.2) is 101 Å². The van der Waals surface area contributed by atoms with Gasteiger partial charge in [0.05, 0.1) is 10.6 Å². The Morgan fingerprint density at radius 1 is 0.879 bits per heavy atom. The third-order valence-corrected chi connectivity index (χ3v) is 7.15. The molecule has 0 heterocycles. The van der Waals surface area contributed by atoms with Crippen molar-refractivity contribution in [2.24, 2.45) is 5.10 Å². The largest absolute Gasteiger partial charge is 0.489 e. The minimum Gasteiger partial charge on any atom is -0.489 e. The van der Waals surface area contributed by atoms with Gasteiger partial charge in [-0.05, 0) is 72.1 Å². The maximum Gasteiger partial charge on any atom is 0.278 e. The molecule has 0 unspecified atom stereocenters. The quantitative estimate of drug-likeness (QED) is 0.261. The zero-order chi connectivity index (χ0) is 23.4. The molecule has 4 aromatic rings. The van der Waals surface area contributed by atoms with Crippen molar-refractivity contribution in [3.05, 3.63) is 108 Å². The van der Waals surface area contributed by atoms with E-state index in [2.05, 4.69) is 29.4 Å². The number of hydrazone groups is 1. The van der Waals surface area contributed by atoms with Gasteiger partial charge in [0.25, 0.3) is 10.0 Å². The lowest BCUT2D eigenvalue weighted by Gasteiger charge is -2.15. The lowest BCUT2D eigenvalue weighted by atomic mass is 10.1. The van der Waals surface area contributed by atoms with Crippen molar-refractivity contribution in [1.29, 1.82) is 0 Å². The van der Waals surface area contributed by atoms with Crippen LogP contribution in [0.3, 0.4) is 0 Å². The van der Waals surface area contributed by atoms with E-state index in [9.17, 15) is 8.42 Å². The van der Waals surface area contributed by atoms with Gasteiger partial charge in [0.1, 0.15) is 12.4 Å². The minimum absolute atomic E-state index is 0.212. The molecule has 6 heteroatoms. The molecule has 0 amide bonds. The Morgan fingerprint density at radius 3 is 2.27 bits per heavy atom. The molecule has 0 aliphatic rings. The number of benzene rings is 4. The molecule has 0 aromatic heterocycles. The summed E-state index contributed by atoms with van der Waals surface area (Å²) in [6.45, 7) is 4.16. The average molecular weight is 459 g/mol. The van der Waals surface area contributed by atoms with E-state index in [1.54, 1.807) is 31.2 Å². The topological polar surface area (TPSA) is 59.0 Å². The number of hydrogen-bond donors (Lipinski definition) is 0. The SMILES string of the molecule is CC(=NN(C)S(=O)(=O)c1ccc(C)cc1)c1ccc(OCc2cccc3ccccc23)cc1. The molecule has 0 atom stereocenters. The van der Waals surface area contributed by atoms with E-state index in [4.69, 9.17) is 4.74 Å². The highest BCUT2D eigenvalue weighted by molar-refractivity contribution is 7.89. The number of aryl methyl sites for hydroxylation is 1. The molecule has 0 fully saturated rings. The Bertz CT molecular complexity index is 1390. The van der Waals surface area contributed by atoms with Gasteiger partial charge in [0.15, 0.2) is 0 Å². The maximum atomic E-state index is 12.8. The summed E-state index contributed by atoms with van der Waals surface area (Å²) in [6.07, 6.45) is 0. The second kappa shape index (κ2) is 9.46. The first-order valence-electron chi connectivity index (χ1n) is 10.7. The summed E-state index contributed by atoms with van der Waals surface area (Å²) in [5, 5.41) is 6.66. The second-order valence-electron chi connectivity index (χ2n) is 7.89. The lowest BCUT2D eigenvalue weighted by molar-refractivity contribution is 0.307. The van der Waals surface area contributed by atoms with Crippen LogP contribution >= 0.6 is 0 Å². The number of fused-ring (bicyclic) bond motifs is 1. The summed E-state index contributed by atoms with van der Waals surface area (Å²) in [6, 6.07) is 28.6. The van der Waals surface area contributed by atoms with Crippen molar-refractivity contribution in [3.8, 4) is 5.75 Å². The van der Waals surface area contributed by atoms with Gasteiger partial charge in [-0.15, -0.1) is 0 Å². The summed E-state index contributed by atoms with van der Waals surface area (Å²) in [5.41, 5.74) is 3.53. The zero-order valence-electron chi connectivity index (χ0n) is 18.9. The minimum atomic E-state index is -3.70. The van der Waals surface area contributed by atoms with Crippen molar-refractivity contribution < 1.29 is 13.2 Å². The first-order valence-corrected chi connectivity index (χ1v) is 12.1. The molecule has 0 N–H and O–H groups in total. The van der Waals surface area contributed by atoms with Gasteiger partial charge in [-0.2, -0.15) is 17.9 Å². The second-order valence-corrected chi connectivity index (χ2v) is 9.84. The van der Waals surface area contributed by atoms with Gasteiger partial charge in [-0.1, -0.05) is 60.2 Å². The Balaban J connectivity index is 1.46. The van der Waals surface area contributed by atoms with Gasteiger partial charge in [0, 0.05) is 7.05 Å². The van der Waals surface area contributed by atoms with Crippen LogP contribution in [0.25, 0.3) is 10.8 Å². The van der Waals surface area contributed by atoms with Crippen LogP contribution in [-0.4, -0.2) is 25.6 Å². The summed E-state index contributed by atoms with van der Waals surface area (Å²) < 4.78 is 32.6. The van der Waals surface area contributed by atoms with E-state index in [0.29, 0.717) is 12.3 Å². The predicted molar refractivity (Wildman–Crippen MR) is 133 cm³/mol. The van der Waals surface area contributed by atoms with Crippen molar-refractivity contribution in [2.75, 3.05) is 7.05 Å². The zero-order valence-corrected chi connectivity index (χ0v) is 19.7. The van der Waals surface area contributed by atoms with E-state index in [-0.39, 0.29) is 4.90 Å². The highest BCUT2D eigenvalue weighted by Crippen LogP contribution is 2.22. The molecule has 5 nitrogen and oxygen atoms in total. The molecule has 33 heavy (non-hydrogen) atoms. The van der Waals surface area contributed by atoms with Gasteiger partial charge >= 0.3 is 0 Å². The molecule has 0 aliphatic heterocycles. The molecular formula is C27H26N2O3S. The van der Waals surface area contributed by atoms with Crippen LogP contribution in [0.2, 0.25) is 0 Å². The third-order valence-electron chi connectivity index (χ3n) is 5.50. The number of nitrogens with zero attached hydrogens (tertiary/aromatic N) is 2. The van der Waals surface area contributed by atoms with Crippen molar-refractivity contribution >= 4 is 26.5 Å². The van der Waals surface area contributed by atoms with Crippen molar-refractivity contribution in [1.82, 2.24) is 4.41 Å². The normalized spacial score (nSPS) is 12.0. The molecule has 0 saturated heterocycles. The fourth-order valence-electron chi connectivity index (χ4n) is 3.56. The molecule has 0 radical (unpaired) electrons. The van der Waals surface area contributed by atoms with E-state index >= 15 is 0 Å². The molecule has 0 aliphatic carbocycles. The van der Waals surface area contributed by atoms with Crippen LogP contribution < -0.4 is 4.74 Å². The molecule has 4 aromatic carbocycles. The first kappa shape index (κ1) is 22.6. The maximum absolute atomic E-state index is 12.8. The Morgan fingerprint density at radius 2 is 1.55 bits per heavy atom. The average Bonchev–Trinajstić information content (AvgIpc) is 2.83. The van der Waals surface area contributed by atoms with Crippen molar-refractivity contribution in [2.45, 2.75) is 25.3 Å². The molecule has 0 spiro atoms. The smallest absolute Gasteiger partial charge is 0.278 e. The van der Waals surface area contributed by atoms with Gasteiger partial charge < -0.3 is 4.74 Å². The fourth-order valence-corrected chi connectivity index (χ4v) is 4.57. The Kier molecular flexibility index (Phi) is 6.47. The molecule has 0 bridgehead atoms. The van der Waals surface area contributed by atoms with Crippen LogP contribution in [0.1, 0.15) is 23.6 Å². The van der Waals surface area contributed by atoms with E-state index < -0.39 is 10.0 Å². The summed E-state index contributed by atoms with van der Waals surface area (Å²) in [7, 11) is -2.26. The Labute approximate surface area is 195 Å². The van der Waals surface area contributed by atoms with Crippen LogP contribution in [0, 0.1) is 6.92 Å². The summed E-state index contributed by atoms with van der Waals surface area (Å²) in [5.74, 6) is 0.736. The van der Waals surface area contributed by atoms with E-state index in [1.165, 1.54) is 17.8 Å². The lowest BCUT2D eigenvalue weighted by Crippen LogP contribution is -2.23. The highest BCUT2D eigenvalue weighted by Gasteiger charge is 2.19. The van der Waals surface area contributed by atoms with E-state index in [0.717, 1.165) is 26.9 Å². The highest BCUT2D eigenvalue weighted by atomic mass is 32.2. The van der Waals surface area contributed by atoms with Gasteiger partial charge in [0.2, 0.25) is 0 Å². The van der Waals surface area contributed by atoms with E-state index in [1.807, 2.05) is 49.4 Å². The third kappa shape index (κ3) is 5.07. The number of rotatable bonds is 7. The summed E-state index contributed by atoms with van der Waals surface area (Å²) in [4.78, 5) is 0.212. The summed E-state index contributed by atoms with van der Waals surface area (Å²) >= 11 is 0. The number of sulfonamides is 1. The first-order chi connectivity index (χ1) is 15.8. The Hall–Kier alpha value is -3.64. The monoisotopic (exact) mass is 458 g/mol. The molecule has 4 rings (SSSR count). The van der Waals surface area contributed by atoms with Crippen LogP contribution in [0.4, 0.5) is 0 Å². The van der Waals surface area contributed by atoms with Gasteiger partial charge in [-0.3, -0.25) is 0 Å². The van der Waals surface area contributed by atoms with Gasteiger partial charge in [-0.25, -0.2) is 0 Å². The predicted octanol–water partition coefficient (Wildman–Crippen LogP) is 5.77. The van der Waals surface area contributed by atoms with Crippen molar-refractivity contribution in [3.63, 3.8) is 0 Å². The molecular weight excluding hydrogens is 432 g/mol. The standard InChI is InChI=1S/C27H26N2O3S/c1-20-11-17-26(18-12-20)33(30,31)29(3)28-21(2)22-13-15-25(16-14-22)32-19-24-9-6-8-23-7-4-5-10-27(23)24/h4-18H,19H2,1-3H3. The van der Waals surface area contributed by atoms with Crippen LogP contribution in [0.5, 0.6) is 5.75 Å². The number of ether oxygens (including phenoxy) is 1.